The second kappa shape index (κ2) is 17.8. The molecule has 40 heavy (non-hydrogen) atoms. The smallest absolute Gasteiger partial charge is 0.218 e. The van der Waals surface area contributed by atoms with E-state index < -0.39 is 0 Å². The molecule has 218 valence electrons. The summed E-state index contributed by atoms with van der Waals surface area (Å²) in [6.07, 6.45) is 26.9. The van der Waals surface area contributed by atoms with E-state index in [0.717, 1.165) is 36.8 Å². The third-order valence-electron chi connectivity index (χ3n) is 7.54. The van der Waals surface area contributed by atoms with Crippen LogP contribution in [0.4, 0.5) is 0 Å². The van der Waals surface area contributed by atoms with Gasteiger partial charge in [-0.15, -0.1) is 0 Å². The molecule has 0 N–H and O–H groups in total. The van der Waals surface area contributed by atoms with Crippen LogP contribution in [0.25, 0.3) is 6.08 Å². The standard InChI is InChI=1S/C36H50O2S2/c1-5-9-13-17-29-21-27(22-30(39-29)18-14-10-6-2)25-33-35(37)34(36(33)38)26-28-23-31(19-15-11-7-3)40-32(24-28)20-16-12-8-4/h21-26H,5-20H2,1-4H3. The topological polar surface area (TPSA) is 40.1 Å². The van der Waals surface area contributed by atoms with Crippen LogP contribution in [-0.4, -0.2) is 5.78 Å². The number of ketones is 1. The van der Waals surface area contributed by atoms with Crippen LogP contribution >= 0.6 is 23.1 Å². The Morgan fingerprint density at radius 2 is 1.18 bits per heavy atom. The molecule has 1 aliphatic carbocycles. The first-order valence-corrected chi connectivity index (χ1v) is 17.6. The van der Waals surface area contributed by atoms with Crippen molar-refractivity contribution in [2.75, 3.05) is 0 Å². The average molecular weight is 579 g/mol. The van der Waals surface area contributed by atoms with Gasteiger partial charge in [0.05, 0.1) is 0 Å². The van der Waals surface area contributed by atoms with Gasteiger partial charge in [0.25, 0.3) is 0 Å². The van der Waals surface area contributed by atoms with Crippen LogP contribution in [0.3, 0.4) is 0 Å². The summed E-state index contributed by atoms with van der Waals surface area (Å²) in [5.74, 6) is -0.213. The summed E-state index contributed by atoms with van der Waals surface area (Å²) < 4.78 is 0. The Bertz CT molecular complexity index is 1090. The van der Waals surface area contributed by atoms with Crippen molar-refractivity contribution in [2.45, 2.75) is 130 Å². The first kappa shape index (κ1) is 32.6. The summed E-state index contributed by atoms with van der Waals surface area (Å²) in [6, 6.07) is 4.39. The number of rotatable bonds is 18. The number of hydrogen-bond donors (Lipinski definition) is 0. The van der Waals surface area contributed by atoms with Gasteiger partial charge in [-0.2, -0.15) is 0 Å². The number of unbranched alkanes of at least 4 members (excludes halogenated alkanes) is 8. The van der Waals surface area contributed by atoms with Gasteiger partial charge in [-0.1, -0.05) is 96.6 Å². The number of allylic oxidation sites excluding steroid dienone is 8. The number of Topliss-reactive ketones (excluding diaryl/α,β-unsaturated/α-hetero) is 1. The highest BCUT2D eigenvalue weighted by molar-refractivity contribution is 8.06. The minimum atomic E-state index is -0.106. The van der Waals surface area contributed by atoms with E-state index in [9.17, 15) is 9.90 Å². The maximum atomic E-state index is 13.2. The Balaban J connectivity index is 1.85. The second-order valence-electron chi connectivity index (χ2n) is 11.2. The van der Waals surface area contributed by atoms with Crippen LogP contribution in [0.2, 0.25) is 0 Å². The Hall–Kier alpha value is -1.91. The summed E-state index contributed by atoms with van der Waals surface area (Å²) >= 11 is 3.80. The zero-order chi connectivity index (χ0) is 28.7. The molecule has 0 saturated heterocycles. The molecule has 2 aliphatic rings. The minimum Gasteiger partial charge on any atom is -0.871 e. The largest absolute Gasteiger partial charge is 0.871 e. The van der Waals surface area contributed by atoms with Crippen molar-refractivity contribution in [3.05, 3.63) is 78.0 Å². The van der Waals surface area contributed by atoms with E-state index in [0.29, 0.717) is 11.1 Å². The quantitative estimate of drug-likeness (QED) is 0.0988. The molecule has 0 saturated carbocycles. The van der Waals surface area contributed by atoms with Gasteiger partial charge in [0.2, 0.25) is 21.1 Å². The van der Waals surface area contributed by atoms with Crippen LogP contribution in [-0.2, 0) is 17.6 Å². The number of aryl methyl sites for hydroxylation is 2. The lowest BCUT2D eigenvalue weighted by molar-refractivity contribution is -0.300. The molecule has 4 heteroatoms. The molecule has 0 bridgehead atoms. The molecule has 1 aliphatic heterocycles. The van der Waals surface area contributed by atoms with Crippen molar-refractivity contribution in [3.8, 4) is 0 Å². The molecular weight excluding hydrogens is 529 g/mol. The molecule has 0 amide bonds. The van der Waals surface area contributed by atoms with E-state index in [4.69, 9.17) is 0 Å². The van der Waals surface area contributed by atoms with Gasteiger partial charge in [0, 0.05) is 36.1 Å². The van der Waals surface area contributed by atoms with Crippen LogP contribution < -0.4 is 5.11 Å². The van der Waals surface area contributed by atoms with Crippen LogP contribution in [0.5, 0.6) is 0 Å². The highest BCUT2D eigenvalue weighted by Gasteiger charge is 2.26. The molecule has 0 fully saturated rings. The third kappa shape index (κ3) is 10.2. The SMILES string of the molecule is CCCCCC1=CC(=CC2=C([O-])/C(=C/c3cc(CCCCC)[s+]c(CCCCC)c3)C2=O)C=C(CCCCC)S1. The minimum absolute atomic E-state index is 0.106. The highest BCUT2D eigenvalue weighted by atomic mass is 32.2. The van der Waals surface area contributed by atoms with Crippen LogP contribution in [0.1, 0.15) is 133 Å². The Kier molecular flexibility index (Phi) is 14.5. The fraction of sp³-hybridized carbons (Fsp3) is 0.556. The molecule has 3 rings (SSSR count). The van der Waals surface area contributed by atoms with Crippen LogP contribution in [0, 0.1) is 0 Å². The summed E-state index contributed by atoms with van der Waals surface area (Å²) in [6.45, 7) is 8.93. The lowest BCUT2D eigenvalue weighted by atomic mass is 9.85. The molecular formula is C36H50O2S2. The summed E-state index contributed by atoms with van der Waals surface area (Å²) in [7, 11) is 0. The van der Waals surface area contributed by atoms with E-state index in [1.165, 1.54) is 96.6 Å². The summed E-state index contributed by atoms with van der Waals surface area (Å²) in [5, 5.41) is 13.2. The van der Waals surface area contributed by atoms with Gasteiger partial charge >= 0.3 is 0 Å². The highest BCUT2D eigenvalue weighted by Crippen LogP contribution is 2.40. The molecule has 0 unspecified atom stereocenters. The van der Waals surface area contributed by atoms with Gasteiger partial charge < -0.3 is 5.11 Å². The monoisotopic (exact) mass is 578 g/mol. The van der Waals surface area contributed by atoms with Crippen molar-refractivity contribution in [3.63, 3.8) is 0 Å². The molecule has 1 aromatic heterocycles. The Morgan fingerprint density at radius 3 is 1.62 bits per heavy atom. The zero-order valence-electron chi connectivity index (χ0n) is 25.4. The van der Waals surface area contributed by atoms with Gasteiger partial charge in [-0.3, -0.25) is 4.79 Å². The van der Waals surface area contributed by atoms with E-state index in [1.807, 2.05) is 35.3 Å². The normalized spacial score (nSPS) is 16.4. The lowest BCUT2D eigenvalue weighted by Gasteiger charge is -2.29. The molecule has 2 nitrogen and oxygen atoms in total. The van der Waals surface area contributed by atoms with Crippen molar-refractivity contribution in [2.24, 2.45) is 0 Å². The number of carbonyl (C=O) groups is 1. The van der Waals surface area contributed by atoms with Gasteiger partial charge in [0.15, 0.2) is 5.78 Å². The van der Waals surface area contributed by atoms with Crippen LogP contribution in [0.15, 0.2) is 62.6 Å². The number of hydrogen-bond acceptors (Lipinski definition) is 3. The van der Waals surface area contributed by atoms with Crippen molar-refractivity contribution in [1.82, 2.24) is 0 Å². The average Bonchev–Trinajstić information content (AvgIpc) is 2.95. The first-order valence-electron chi connectivity index (χ1n) is 15.9. The first-order chi connectivity index (χ1) is 19.5. The molecule has 0 spiro atoms. The zero-order valence-corrected chi connectivity index (χ0v) is 27.0. The maximum Gasteiger partial charge on any atom is 0.218 e. The Morgan fingerprint density at radius 1 is 0.700 bits per heavy atom. The fourth-order valence-electron chi connectivity index (χ4n) is 5.17. The molecule has 0 aromatic carbocycles. The molecule has 0 radical (unpaired) electrons. The molecule has 0 atom stereocenters. The predicted octanol–water partition coefficient (Wildman–Crippen LogP) is 10.7. The summed E-state index contributed by atoms with van der Waals surface area (Å²) in [4.78, 5) is 18.7. The second-order valence-corrected chi connectivity index (χ2v) is 13.8. The maximum absolute atomic E-state index is 13.2. The predicted molar refractivity (Wildman–Crippen MR) is 175 cm³/mol. The fourth-order valence-corrected chi connectivity index (χ4v) is 7.61. The third-order valence-corrected chi connectivity index (χ3v) is 9.88. The van der Waals surface area contributed by atoms with Crippen molar-refractivity contribution in [1.29, 1.82) is 0 Å². The Labute approximate surface area is 252 Å². The number of thioether (sulfide) groups is 1. The van der Waals surface area contributed by atoms with Gasteiger partial charge in [-0.25, -0.2) is 0 Å². The van der Waals surface area contributed by atoms with Gasteiger partial charge in [0.1, 0.15) is 0 Å². The van der Waals surface area contributed by atoms with Gasteiger partial charge in [-0.05, 0) is 83.8 Å². The molecule has 1 aromatic rings. The lowest BCUT2D eigenvalue weighted by Crippen LogP contribution is -2.29. The molecule has 2 heterocycles. The van der Waals surface area contributed by atoms with E-state index in [-0.39, 0.29) is 11.5 Å². The van der Waals surface area contributed by atoms with Crippen molar-refractivity contribution < 1.29 is 9.90 Å². The summed E-state index contributed by atoms with van der Waals surface area (Å²) in [5.41, 5.74) is 2.69. The number of carbonyl (C=O) groups excluding carboxylic acids is 1. The van der Waals surface area contributed by atoms with E-state index >= 15 is 0 Å². The van der Waals surface area contributed by atoms with Crippen molar-refractivity contribution >= 4 is 35.0 Å². The van der Waals surface area contributed by atoms with E-state index in [2.05, 4.69) is 52.0 Å². The van der Waals surface area contributed by atoms with E-state index in [1.54, 1.807) is 0 Å².